The predicted octanol–water partition coefficient (Wildman–Crippen LogP) is 2.82. The van der Waals surface area contributed by atoms with Crippen LogP contribution in [-0.4, -0.2) is 41.6 Å². The lowest BCUT2D eigenvalue weighted by molar-refractivity contribution is -0.214. The molecule has 10 heteroatoms. The van der Waals surface area contributed by atoms with Crippen LogP contribution in [-0.2, 0) is 16.9 Å². The van der Waals surface area contributed by atoms with E-state index in [0.717, 1.165) is 4.57 Å². The number of nitrogens with zero attached hydrogens (tertiary/aromatic N) is 2. The van der Waals surface area contributed by atoms with Crippen molar-refractivity contribution < 1.29 is 32.2 Å². The van der Waals surface area contributed by atoms with Crippen molar-refractivity contribution in [3.8, 4) is 11.5 Å². The zero-order chi connectivity index (χ0) is 21.7. The Morgan fingerprint density at radius 2 is 1.77 bits per heavy atom. The van der Waals surface area contributed by atoms with Crippen LogP contribution in [0, 0.1) is 0 Å². The zero-order valence-corrected chi connectivity index (χ0v) is 15.9. The minimum atomic E-state index is -5.11. The van der Waals surface area contributed by atoms with Gasteiger partial charge in [-0.2, -0.15) is 13.2 Å². The summed E-state index contributed by atoms with van der Waals surface area (Å²) in [4.78, 5) is 29.7. The molecule has 3 aromatic rings. The molecule has 1 aliphatic heterocycles. The summed E-state index contributed by atoms with van der Waals surface area (Å²) < 4.78 is 54.1. The molecule has 0 aliphatic carbocycles. The first kappa shape index (κ1) is 19.7. The lowest BCUT2D eigenvalue weighted by Crippen LogP contribution is -2.62. The van der Waals surface area contributed by atoms with Crippen molar-refractivity contribution >= 4 is 22.7 Å². The van der Waals surface area contributed by atoms with E-state index in [2.05, 4.69) is 4.98 Å². The number of para-hydroxylation sites is 2. The average molecular weight is 419 g/mol. The quantitative estimate of drug-likeness (QED) is 0.703. The van der Waals surface area contributed by atoms with E-state index in [-0.39, 0.29) is 28.4 Å². The molecule has 1 aromatic heterocycles. The largest absolute Gasteiger partial charge is 0.497 e. The number of aromatic nitrogens is 2. The first-order valence-electron chi connectivity index (χ1n) is 8.83. The van der Waals surface area contributed by atoms with E-state index >= 15 is 0 Å². The Morgan fingerprint density at radius 3 is 2.37 bits per heavy atom. The summed E-state index contributed by atoms with van der Waals surface area (Å²) in [6.07, 6.45) is -5.67. The molecule has 1 aliphatic rings. The number of carbonyl (C=O) groups is 2. The van der Waals surface area contributed by atoms with Crippen LogP contribution in [0.15, 0.2) is 42.5 Å². The highest BCUT2D eigenvalue weighted by molar-refractivity contribution is 6.02. The van der Waals surface area contributed by atoms with E-state index < -0.39 is 30.0 Å². The van der Waals surface area contributed by atoms with E-state index in [1.807, 2.05) is 5.32 Å². The van der Waals surface area contributed by atoms with Crippen LogP contribution in [0.5, 0.6) is 11.5 Å². The number of imidazole rings is 1. The molecule has 1 amide bonds. The second-order valence-corrected chi connectivity index (χ2v) is 6.72. The molecule has 0 saturated carbocycles. The van der Waals surface area contributed by atoms with Gasteiger partial charge >= 0.3 is 6.18 Å². The summed E-state index contributed by atoms with van der Waals surface area (Å²) in [6, 6.07) is 10.1. The minimum Gasteiger partial charge on any atom is -0.497 e. The molecule has 156 valence electrons. The highest BCUT2D eigenvalue weighted by Crippen LogP contribution is 2.43. The lowest BCUT2D eigenvalue weighted by Gasteiger charge is -2.33. The minimum absolute atomic E-state index is 0.0675. The van der Waals surface area contributed by atoms with E-state index in [1.165, 1.54) is 44.6 Å². The van der Waals surface area contributed by atoms with Gasteiger partial charge in [0.1, 0.15) is 17.3 Å². The van der Waals surface area contributed by atoms with Gasteiger partial charge in [0.2, 0.25) is 0 Å². The fourth-order valence-electron chi connectivity index (χ4n) is 3.62. The number of rotatable bonds is 4. The second-order valence-electron chi connectivity index (χ2n) is 6.72. The van der Waals surface area contributed by atoms with Crippen molar-refractivity contribution in [2.24, 2.45) is 0 Å². The average Bonchev–Trinajstić information content (AvgIpc) is 3.21. The van der Waals surface area contributed by atoms with Gasteiger partial charge in [0, 0.05) is 11.6 Å². The number of carbonyl (C=O) groups excluding carboxylic acids is 2. The first-order chi connectivity index (χ1) is 14.2. The number of ether oxygens (including phenoxy) is 2. The van der Waals surface area contributed by atoms with Crippen LogP contribution < -0.4 is 14.8 Å². The van der Waals surface area contributed by atoms with Gasteiger partial charge in [0.25, 0.3) is 11.6 Å². The second kappa shape index (κ2) is 6.75. The standard InChI is InChI=1S/C20H16F3N3O4/c1-29-12-7-11(8-13(9-12)30-2)18(28)25-19(20(21,22)23)16(27)10-17-24-14-5-3-4-6-15(14)26(17)19/h3-9H,10H2,1-2H3,(H,25,28). The number of halogens is 3. The van der Waals surface area contributed by atoms with Crippen molar-refractivity contribution in [3.05, 3.63) is 53.9 Å². The Morgan fingerprint density at radius 1 is 1.13 bits per heavy atom. The van der Waals surface area contributed by atoms with Crippen LogP contribution in [0.25, 0.3) is 11.0 Å². The Kier molecular flexibility index (Phi) is 4.44. The number of amides is 1. The predicted molar refractivity (Wildman–Crippen MR) is 99.5 cm³/mol. The monoisotopic (exact) mass is 419 g/mol. The molecular formula is C20H16F3N3O4. The van der Waals surface area contributed by atoms with Gasteiger partial charge in [-0.15, -0.1) is 0 Å². The van der Waals surface area contributed by atoms with Crippen molar-refractivity contribution in [2.75, 3.05) is 14.2 Å². The number of hydrogen-bond acceptors (Lipinski definition) is 5. The van der Waals surface area contributed by atoms with Crippen LogP contribution in [0.2, 0.25) is 0 Å². The van der Waals surface area contributed by atoms with Gasteiger partial charge in [-0.3, -0.25) is 14.2 Å². The number of nitrogens with one attached hydrogen (secondary N) is 1. The third kappa shape index (κ3) is 2.78. The number of fused-ring (bicyclic) bond motifs is 3. The Labute approximate surface area is 168 Å². The third-order valence-corrected chi connectivity index (χ3v) is 5.01. The Balaban J connectivity index is 1.87. The topological polar surface area (TPSA) is 82.4 Å². The number of alkyl halides is 3. The third-order valence-electron chi connectivity index (χ3n) is 5.01. The maximum atomic E-state index is 14.4. The summed E-state index contributed by atoms with van der Waals surface area (Å²) in [6.45, 7) is 0. The highest BCUT2D eigenvalue weighted by atomic mass is 19.4. The van der Waals surface area contributed by atoms with Crippen LogP contribution in [0.3, 0.4) is 0 Å². The molecule has 0 radical (unpaired) electrons. The summed E-state index contributed by atoms with van der Waals surface area (Å²) in [7, 11) is 2.69. The van der Waals surface area contributed by atoms with Gasteiger partial charge in [0.05, 0.1) is 31.7 Å². The Bertz CT molecular complexity index is 1150. The van der Waals surface area contributed by atoms with Gasteiger partial charge < -0.3 is 14.8 Å². The number of Topliss-reactive ketones (excluding diaryl/α,β-unsaturated/α-hetero) is 1. The van der Waals surface area contributed by atoms with Crippen molar-refractivity contribution in [2.45, 2.75) is 18.3 Å². The van der Waals surface area contributed by atoms with E-state index in [0.29, 0.717) is 5.52 Å². The molecule has 4 rings (SSSR count). The molecule has 0 spiro atoms. The van der Waals surface area contributed by atoms with Crippen molar-refractivity contribution in [1.29, 1.82) is 0 Å². The lowest BCUT2D eigenvalue weighted by atomic mass is 10.0. The summed E-state index contributed by atoms with van der Waals surface area (Å²) in [5.41, 5.74) is -3.03. The normalized spacial score (nSPS) is 18.4. The number of ketones is 1. The fourth-order valence-corrected chi connectivity index (χ4v) is 3.62. The van der Waals surface area contributed by atoms with Crippen LogP contribution in [0.1, 0.15) is 16.2 Å². The van der Waals surface area contributed by atoms with Crippen molar-refractivity contribution in [3.63, 3.8) is 0 Å². The SMILES string of the molecule is COc1cc(OC)cc(C(=O)NC2(C(F)(F)F)C(=O)Cc3nc4ccccc4n32)c1. The van der Waals surface area contributed by atoms with Gasteiger partial charge in [-0.05, 0) is 24.3 Å². The summed E-state index contributed by atoms with van der Waals surface area (Å²) in [5.74, 6) is -1.96. The number of hydrogen-bond donors (Lipinski definition) is 1. The van der Waals surface area contributed by atoms with E-state index in [9.17, 15) is 22.8 Å². The summed E-state index contributed by atoms with van der Waals surface area (Å²) in [5, 5.41) is 1.93. The van der Waals surface area contributed by atoms with Crippen molar-refractivity contribution in [1.82, 2.24) is 14.9 Å². The van der Waals surface area contributed by atoms with Gasteiger partial charge in [0.15, 0.2) is 5.78 Å². The number of benzene rings is 2. The zero-order valence-electron chi connectivity index (χ0n) is 15.9. The molecular weight excluding hydrogens is 403 g/mol. The fraction of sp³-hybridized carbons (Fsp3) is 0.250. The maximum absolute atomic E-state index is 14.4. The molecule has 7 nitrogen and oxygen atoms in total. The molecule has 1 atom stereocenters. The molecule has 2 heterocycles. The van der Waals surface area contributed by atoms with E-state index in [1.54, 1.807) is 12.1 Å². The van der Waals surface area contributed by atoms with E-state index in [4.69, 9.17) is 9.47 Å². The smallest absolute Gasteiger partial charge is 0.438 e. The van der Waals surface area contributed by atoms with Crippen LogP contribution >= 0.6 is 0 Å². The molecule has 0 bridgehead atoms. The molecule has 1 N–H and O–H groups in total. The highest BCUT2D eigenvalue weighted by Gasteiger charge is 2.66. The molecule has 30 heavy (non-hydrogen) atoms. The van der Waals surface area contributed by atoms with Gasteiger partial charge in [-0.25, -0.2) is 4.98 Å². The maximum Gasteiger partial charge on any atom is 0.438 e. The number of methoxy groups -OCH3 is 2. The first-order valence-corrected chi connectivity index (χ1v) is 8.83. The molecule has 0 fully saturated rings. The Hall–Kier alpha value is -3.56. The summed E-state index contributed by atoms with van der Waals surface area (Å²) >= 11 is 0. The molecule has 0 saturated heterocycles. The van der Waals surface area contributed by atoms with Gasteiger partial charge in [-0.1, -0.05) is 12.1 Å². The molecule has 2 aromatic carbocycles. The molecule has 1 unspecified atom stereocenters. The van der Waals surface area contributed by atoms with Crippen LogP contribution in [0.4, 0.5) is 13.2 Å².